The van der Waals surface area contributed by atoms with Crippen molar-refractivity contribution in [2.45, 2.75) is 38.5 Å². The summed E-state index contributed by atoms with van der Waals surface area (Å²) in [4.78, 5) is 21.6. The van der Waals surface area contributed by atoms with Crippen LogP contribution in [0.4, 0.5) is 0 Å². The lowest BCUT2D eigenvalue weighted by Gasteiger charge is -2.02. The highest BCUT2D eigenvalue weighted by Crippen LogP contribution is 2.28. The van der Waals surface area contributed by atoms with Crippen molar-refractivity contribution in [2.24, 2.45) is 5.92 Å². The van der Waals surface area contributed by atoms with Gasteiger partial charge in [-0.25, -0.2) is 4.57 Å². The van der Waals surface area contributed by atoms with E-state index in [9.17, 15) is 0 Å². The number of nitrogens with zero attached hydrogens (tertiary/aromatic N) is 1. The van der Waals surface area contributed by atoms with Crippen molar-refractivity contribution in [1.82, 2.24) is 0 Å². The van der Waals surface area contributed by atoms with Crippen LogP contribution in [-0.4, -0.2) is 14.7 Å². The van der Waals surface area contributed by atoms with Gasteiger partial charge >= 0.3 is 7.82 Å². The summed E-state index contributed by atoms with van der Waals surface area (Å²) in [5.41, 5.74) is 0. The third-order valence-electron chi connectivity index (χ3n) is 2.14. The first-order chi connectivity index (χ1) is 6.43. The number of nitriles is 1. The Morgan fingerprint density at radius 1 is 1.29 bits per heavy atom. The molecule has 14 heavy (non-hydrogen) atoms. The van der Waals surface area contributed by atoms with Crippen LogP contribution in [0.5, 0.6) is 0 Å². The lowest BCUT2D eigenvalue weighted by Crippen LogP contribution is -1.90. The lowest BCUT2D eigenvalue weighted by molar-refractivity contribution is 0.275. The largest absolute Gasteiger partial charge is 0.466 e. The van der Waals surface area contributed by atoms with Crippen LogP contribution in [0.2, 0.25) is 0 Å². The number of hydrogen-bond donors (Lipinski definition) is 3. The third-order valence-corrected chi connectivity index (χ3v) is 2.14. The summed E-state index contributed by atoms with van der Waals surface area (Å²) in [5.74, 6) is 0.893. The Labute approximate surface area is 83.6 Å². The minimum Gasteiger partial charge on any atom is -0.303 e. The maximum absolute atomic E-state index is 8.88. The van der Waals surface area contributed by atoms with E-state index in [-0.39, 0.29) is 0 Å². The van der Waals surface area contributed by atoms with Gasteiger partial charge in [0.05, 0.1) is 6.07 Å². The zero-order valence-corrected chi connectivity index (χ0v) is 8.86. The average molecular weight is 221 g/mol. The first kappa shape index (κ1) is 13.6. The molecule has 0 radical (unpaired) electrons. The fourth-order valence-electron chi connectivity index (χ4n) is 1.57. The van der Waals surface area contributed by atoms with Crippen molar-refractivity contribution in [3.05, 3.63) is 0 Å². The summed E-state index contributed by atoms with van der Waals surface area (Å²) in [7, 11) is -4.64. The number of hydrogen-bond acceptors (Lipinski definition) is 2. The molecule has 0 saturated heterocycles. The molecule has 0 bridgehead atoms. The van der Waals surface area contributed by atoms with Gasteiger partial charge in [-0.1, -0.05) is 25.7 Å². The van der Waals surface area contributed by atoms with E-state index in [1.54, 1.807) is 0 Å². The molecule has 0 atom stereocenters. The van der Waals surface area contributed by atoms with Gasteiger partial charge in [-0.2, -0.15) is 5.26 Å². The van der Waals surface area contributed by atoms with E-state index in [1.165, 1.54) is 25.7 Å². The monoisotopic (exact) mass is 221 g/mol. The Balaban J connectivity index is 0.000000292. The normalized spacial score (nSPS) is 17.0. The minimum absolute atomic E-state index is 0.769. The summed E-state index contributed by atoms with van der Waals surface area (Å²) in [6.45, 7) is 0. The Kier molecular flexibility index (Phi) is 6.77. The molecule has 0 aromatic rings. The molecule has 1 fully saturated rings. The standard InChI is InChI=1S/C8H13N.H3O4P/c9-7-3-6-8-4-1-2-5-8;1-5(2,3)4/h8H,1-6H2;(H3,1,2,3,4). The maximum Gasteiger partial charge on any atom is 0.466 e. The van der Waals surface area contributed by atoms with Gasteiger partial charge in [0.1, 0.15) is 0 Å². The van der Waals surface area contributed by atoms with Gasteiger partial charge in [-0.05, 0) is 12.3 Å². The SMILES string of the molecule is N#CCCC1CCCC1.O=P(O)(O)O. The predicted molar refractivity (Wildman–Crippen MR) is 51.1 cm³/mol. The Bertz CT molecular complexity index is 218. The van der Waals surface area contributed by atoms with Crippen LogP contribution in [0.1, 0.15) is 38.5 Å². The van der Waals surface area contributed by atoms with Crippen molar-refractivity contribution in [1.29, 1.82) is 5.26 Å². The van der Waals surface area contributed by atoms with E-state index in [0.717, 1.165) is 18.8 Å². The van der Waals surface area contributed by atoms with Crippen molar-refractivity contribution in [3.8, 4) is 6.07 Å². The van der Waals surface area contributed by atoms with Crippen molar-refractivity contribution >= 4 is 7.82 Å². The summed E-state index contributed by atoms with van der Waals surface area (Å²) in [6, 6.07) is 2.19. The second-order valence-corrected chi connectivity index (χ2v) is 4.39. The molecular weight excluding hydrogens is 205 g/mol. The first-order valence-corrected chi connectivity index (χ1v) is 6.15. The molecule has 0 aliphatic heterocycles. The van der Waals surface area contributed by atoms with Crippen LogP contribution in [0, 0.1) is 17.2 Å². The lowest BCUT2D eigenvalue weighted by atomic mass is 10.0. The highest BCUT2D eigenvalue weighted by atomic mass is 31.2. The molecule has 6 heteroatoms. The van der Waals surface area contributed by atoms with E-state index in [1.807, 2.05) is 0 Å². The van der Waals surface area contributed by atoms with Crippen LogP contribution in [0.15, 0.2) is 0 Å². The summed E-state index contributed by atoms with van der Waals surface area (Å²) in [5, 5.41) is 8.28. The molecule has 5 nitrogen and oxygen atoms in total. The minimum atomic E-state index is -4.64. The topological polar surface area (TPSA) is 102 Å². The molecule has 1 aliphatic rings. The van der Waals surface area contributed by atoms with Gasteiger partial charge in [0.2, 0.25) is 0 Å². The quantitative estimate of drug-likeness (QED) is 0.614. The number of phosphoric acid groups is 1. The predicted octanol–water partition coefficient (Wildman–Crippen LogP) is 1.55. The Morgan fingerprint density at radius 2 is 1.71 bits per heavy atom. The average Bonchev–Trinajstić information content (AvgIpc) is 2.49. The molecule has 0 amide bonds. The van der Waals surface area contributed by atoms with Crippen molar-refractivity contribution in [2.75, 3.05) is 0 Å². The van der Waals surface area contributed by atoms with E-state index < -0.39 is 7.82 Å². The maximum atomic E-state index is 8.88. The molecular formula is C8H16NO4P. The molecule has 0 heterocycles. The first-order valence-electron chi connectivity index (χ1n) is 4.58. The van der Waals surface area contributed by atoms with E-state index in [2.05, 4.69) is 6.07 Å². The molecule has 1 saturated carbocycles. The molecule has 0 aromatic carbocycles. The van der Waals surface area contributed by atoms with Crippen LogP contribution in [-0.2, 0) is 4.57 Å². The molecule has 3 N–H and O–H groups in total. The van der Waals surface area contributed by atoms with E-state index in [0.29, 0.717) is 0 Å². The fourth-order valence-corrected chi connectivity index (χ4v) is 1.57. The zero-order valence-electron chi connectivity index (χ0n) is 7.96. The summed E-state index contributed by atoms with van der Waals surface area (Å²) < 4.78 is 8.88. The number of rotatable bonds is 2. The van der Waals surface area contributed by atoms with Gasteiger partial charge in [0, 0.05) is 6.42 Å². The third kappa shape index (κ3) is 11.6. The molecule has 0 aromatic heterocycles. The van der Waals surface area contributed by atoms with E-state index >= 15 is 0 Å². The Hall–Kier alpha value is -0.400. The van der Waals surface area contributed by atoms with Crippen molar-refractivity contribution < 1.29 is 19.2 Å². The van der Waals surface area contributed by atoms with Gasteiger partial charge in [-0.15, -0.1) is 0 Å². The van der Waals surface area contributed by atoms with Gasteiger partial charge in [-0.3, -0.25) is 0 Å². The smallest absolute Gasteiger partial charge is 0.303 e. The van der Waals surface area contributed by atoms with E-state index in [4.69, 9.17) is 24.5 Å². The second kappa shape index (κ2) is 6.97. The fraction of sp³-hybridized carbons (Fsp3) is 0.875. The van der Waals surface area contributed by atoms with Crippen LogP contribution < -0.4 is 0 Å². The van der Waals surface area contributed by atoms with Crippen LogP contribution >= 0.6 is 7.82 Å². The highest BCUT2D eigenvalue weighted by Gasteiger charge is 2.13. The van der Waals surface area contributed by atoms with Crippen LogP contribution in [0.3, 0.4) is 0 Å². The molecule has 1 rings (SSSR count). The molecule has 0 unspecified atom stereocenters. The van der Waals surface area contributed by atoms with Gasteiger partial charge in [0.15, 0.2) is 0 Å². The van der Waals surface area contributed by atoms with Crippen LogP contribution in [0.25, 0.3) is 0 Å². The summed E-state index contributed by atoms with van der Waals surface area (Å²) in [6.07, 6.45) is 7.47. The van der Waals surface area contributed by atoms with Crippen molar-refractivity contribution in [3.63, 3.8) is 0 Å². The zero-order chi connectivity index (χ0) is 11.0. The van der Waals surface area contributed by atoms with Gasteiger partial charge < -0.3 is 14.7 Å². The molecule has 0 spiro atoms. The Morgan fingerprint density at radius 3 is 2.07 bits per heavy atom. The van der Waals surface area contributed by atoms with Gasteiger partial charge in [0.25, 0.3) is 0 Å². The second-order valence-electron chi connectivity index (χ2n) is 3.36. The molecule has 82 valence electrons. The molecule has 1 aliphatic carbocycles. The summed E-state index contributed by atoms with van der Waals surface area (Å²) >= 11 is 0. The highest BCUT2D eigenvalue weighted by molar-refractivity contribution is 7.45.